The summed E-state index contributed by atoms with van der Waals surface area (Å²) in [6, 6.07) is 0. The molecule has 1 atom stereocenters. The van der Waals surface area contributed by atoms with Crippen molar-refractivity contribution in [3.63, 3.8) is 0 Å². The van der Waals surface area contributed by atoms with Crippen LogP contribution in [0.3, 0.4) is 0 Å². The molecule has 0 aliphatic heterocycles. The van der Waals surface area contributed by atoms with Gasteiger partial charge in [0.05, 0.1) is 6.10 Å². The molecule has 1 unspecified atom stereocenters. The highest BCUT2D eigenvalue weighted by Crippen LogP contribution is 2.15. The molecule has 0 saturated carbocycles. The first-order chi connectivity index (χ1) is 17.1. The number of hydrogen-bond donors (Lipinski definition) is 1. The van der Waals surface area contributed by atoms with Gasteiger partial charge in [-0.1, -0.05) is 135 Å². The fourth-order valence-electron chi connectivity index (χ4n) is 4.75. The summed E-state index contributed by atoms with van der Waals surface area (Å²) in [5.74, 6) is -0.695. The molecule has 0 aromatic carbocycles. The molecular weight excluding hydrogens is 436 g/mol. The van der Waals surface area contributed by atoms with E-state index in [0.29, 0.717) is 12.8 Å². The van der Waals surface area contributed by atoms with Gasteiger partial charge in [0.1, 0.15) is 0 Å². The number of rotatable bonds is 28. The third-order valence-electron chi connectivity index (χ3n) is 7.07. The van der Waals surface area contributed by atoms with Gasteiger partial charge in [0.2, 0.25) is 0 Å². The maximum absolute atomic E-state index is 12.0. The minimum atomic E-state index is -0.681. The van der Waals surface area contributed by atoms with Gasteiger partial charge in [0, 0.05) is 12.8 Å². The highest BCUT2D eigenvalue weighted by atomic mass is 16.5. The number of carboxylic acids is 1. The fraction of sp³-hybridized carbons (Fsp3) is 0.935. The molecule has 0 aliphatic rings. The van der Waals surface area contributed by atoms with Gasteiger partial charge < -0.3 is 9.84 Å². The van der Waals surface area contributed by atoms with Crippen LogP contribution in [0.15, 0.2) is 0 Å². The molecule has 1 N–H and O–H groups in total. The highest BCUT2D eigenvalue weighted by molar-refractivity contribution is 5.69. The van der Waals surface area contributed by atoms with Crippen LogP contribution in [0.1, 0.15) is 181 Å². The summed E-state index contributed by atoms with van der Waals surface area (Å²) in [5, 5.41) is 8.62. The number of hydrogen-bond acceptors (Lipinski definition) is 3. The molecule has 0 aromatic rings. The van der Waals surface area contributed by atoms with E-state index in [-0.39, 0.29) is 12.1 Å². The van der Waals surface area contributed by atoms with Crippen molar-refractivity contribution in [1.29, 1.82) is 0 Å². The summed E-state index contributed by atoms with van der Waals surface area (Å²) in [5.41, 5.74) is 0. The SMILES string of the molecule is CCCCCCCCCCCCCCCCC(=O)OC(C)CCCCCCCCCCCC(=O)O. The van der Waals surface area contributed by atoms with Gasteiger partial charge in [0.15, 0.2) is 0 Å². The summed E-state index contributed by atoms with van der Waals surface area (Å²) in [4.78, 5) is 22.5. The van der Waals surface area contributed by atoms with Crippen molar-refractivity contribution < 1.29 is 19.4 Å². The highest BCUT2D eigenvalue weighted by Gasteiger charge is 2.09. The van der Waals surface area contributed by atoms with E-state index in [1.165, 1.54) is 109 Å². The van der Waals surface area contributed by atoms with E-state index in [1.54, 1.807) is 0 Å². The van der Waals surface area contributed by atoms with E-state index < -0.39 is 5.97 Å². The molecule has 0 fully saturated rings. The van der Waals surface area contributed by atoms with Crippen LogP contribution in [0.4, 0.5) is 0 Å². The average molecular weight is 497 g/mol. The Morgan fingerprint density at radius 3 is 1.29 bits per heavy atom. The maximum atomic E-state index is 12.0. The number of carbonyl (C=O) groups excluding carboxylic acids is 1. The van der Waals surface area contributed by atoms with Crippen LogP contribution in [0, 0.1) is 0 Å². The second kappa shape index (κ2) is 27.5. The third kappa shape index (κ3) is 29.1. The van der Waals surface area contributed by atoms with E-state index in [0.717, 1.165) is 44.9 Å². The summed E-state index contributed by atoms with van der Waals surface area (Å²) in [6.45, 7) is 4.30. The van der Waals surface area contributed by atoms with Gasteiger partial charge in [-0.15, -0.1) is 0 Å². The van der Waals surface area contributed by atoms with E-state index in [9.17, 15) is 9.59 Å². The lowest BCUT2D eigenvalue weighted by molar-refractivity contribution is -0.148. The normalized spacial score (nSPS) is 12.1. The molecule has 0 amide bonds. The number of carbonyl (C=O) groups is 2. The molecule has 4 heteroatoms. The van der Waals surface area contributed by atoms with E-state index in [2.05, 4.69) is 6.92 Å². The summed E-state index contributed by atoms with van der Waals surface area (Å²) >= 11 is 0. The van der Waals surface area contributed by atoms with Gasteiger partial charge in [-0.3, -0.25) is 9.59 Å². The minimum absolute atomic E-state index is 0.0145. The van der Waals surface area contributed by atoms with Crippen molar-refractivity contribution in [1.82, 2.24) is 0 Å². The van der Waals surface area contributed by atoms with Crippen molar-refractivity contribution in [2.45, 2.75) is 187 Å². The van der Waals surface area contributed by atoms with Gasteiger partial charge >= 0.3 is 11.9 Å². The Hall–Kier alpha value is -1.06. The van der Waals surface area contributed by atoms with Crippen LogP contribution in [0.5, 0.6) is 0 Å². The monoisotopic (exact) mass is 496 g/mol. The van der Waals surface area contributed by atoms with Crippen LogP contribution in [-0.4, -0.2) is 23.1 Å². The molecule has 4 nitrogen and oxygen atoms in total. The van der Waals surface area contributed by atoms with Gasteiger partial charge in [-0.05, 0) is 32.6 Å². The summed E-state index contributed by atoms with van der Waals surface area (Å²) < 4.78 is 5.58. The van der Waals surface area contributed by atoms with Crippen molar-refractivity contribution in [3.8, 4) is 0 Å². The van der Waals surface area contributed by atoms with Crippen molar-refractivity contribution in [2.24, 2.45) is 0 Å². The van der Waals surface area contributed by atoms with E-state index in [4.69, 9.17) is 9.84 Å². The Bertz CT molecular complexity index is 463. The van der Waals surface area contributed by atoms with Gasteiger partial charge in [0.25, 0.3) is 0 Å². The van der Waals surface area contributed by atoms with E-state index >= 15 is 0 Å². The summed E-state index contributed by atoms with van der Waals surface area (Å²) in [7, 11) is 0. The summed E-state index contributed by atoms with van der Waals surface area (Å²) in [6.07, 6.45) is 30.9. The quantitative estimate of drug-likeness (QED) is 0.0864. The predicted molar refractivity (Wildman–Crippen MR) is 149 cm³/mol. The fourth-order valence-corrected chi connectivity index (χ4v) is 4.75. The first-order valence-corrected chi connectivity index (χ1v) is 15.5. The second-order valence-corrected chi connectivity index (χ2v) is 10.8. The number of carboxylic acid groups (broad SMARTS) is 1. The van der Waals surface area contributed by atoms with Gasteiger partial charge in [-0.2, -0.15) is 0 Å². The number of ether oxygens (including phenoxy) is 1. The smallest absolute Gasteiger partial charge is 0.306 e. The first-order valence-electron chi connectivity index (χ1n) is 15.5. The molecule has 0 aromatic heterocycles. The number of unbranched alkanes of at least 4 members (excludes halogenated alkanes) is 21. The molecule has 0 saturated heterocycles. The zero-order chi connectivity index (χ0) is 25.8. The Balaban J connectivity index is 3.30. The second-order valence-electron chi connectivity index (χ2n) is 10.8. The minimum Gasteiger partial charge on any atom is -0.481 e. The largest absolute Gasteiger partial charge is 0.481 e. The van der Waals surface area contributed by atoms with Crippen molar-refractivity contribution in [2.75, 3.05) is 0 Å². The zero-order valence-electron chi connectivity index (χ0n) is 23.6. The standard InChI is InChI=1S/C31H60O4/c1-3-4-5-6-7-8-9-10-11-12-16-19-22-25-28-31(34)35-29(2)26-23-20-17-14-13-15-18-21-24-27-30(32)33/h29H,3-28H2,1-2H3,(H,32,33). The molecule has 0 bridgehead atoms. The number of aliphatic carboxylic acids is 1. The lowest BCUT2D eigenvalue weighted by atomic mass is 10.0. The van der Waals surface area contributed by atoms with Crippen LogP contribution in [-0.2, 0) is 14.3 Å². The molecule has 0 aliphatic carbocycles. The topological polar surface area (TPSA) is 63.6 Å². The van der Waals surface area contributed by atoms with Crippen LogP contribution in [0.2, 0.25) is 0 Å². The predicted octanol–water partition coefficient (Wildman–Crippen LogP) is 10.2. The van der Waals surface area contributed by atoms with Crippen LogP contribution in [0.25, 0.3) is 0 Å². The Kier molecular flexibility index (Phi) is 26.7. The average Bonchev–Trinajstić information content (AvgIpc) is 2.82. The molecule has 0 spiro atoms. The molecule has 0 radical (unpaired) electrons. The third-order valence-corrected chi connectivity index (χ3v) is 7.07. The zero-order valence-corrected chi connectivity index (χ0v) is 23.6. The lowest BCUT2D eigenvalue weighted by Crippen LogP contribution is -2.14. The van der Waals surface area contributed by atoms with Crippen molar-refractivity contribution >= 4 is 11.9 Å². The van der Waals surface area contributed by atoms with Gasteiger partial charge in [-0.25, -0.2) is 0 Å². The molecular formula is C31H60O4. The maximum Gasteiger partial charge on any atom is 0.306 e. The lowest BCUT2D eigenvalue weighted by Gasteiger charge is -2.13. The van der Waals surface area contributed by atoms with Crippen LogP contribution < -0.4 is 0 Å². The number of esters is 1. The molecule has 35 heavy (non-hydrogen) atoms. The van der Waals surface area contributed by atoms with Crippen LogP contribution >= 0.6 is 0 Å². The van der Waals surface area contributed by atoms with E-state index in [1.807, 2.05) is 6.92 Å². The van der Waals surface area contributed by atoms with Crippen molar-refractivity contribution in [3.05, 3.63) is 0 Å². The molecule has 0 heterocycles. The molecule has 208 valence electrons. The molecule has 0 rings (SSSR count). The Morgan fingerprint density at radius 2 is 0.886 bits per heavy atom. The first kappa shape index (κ1) is 33.9. The Labute approximate surface area is 218 Å². The Morgan fingerprint density at radius 1 is 0.543 bits per heavy atom.